The minimum Gasteiger partial charge on any atom is -0.294 e. The van der Waals surface area contributed by atoms with Gasteiger partial charge in [-0.05, 0) is 13.0 Å². The number of nitrogens with one attached hydrogen (secondary N) is 2. The van der Waals surface area contributed by atoms with Crippen molar-refractivity contribution < 1.29 is 0 Å². The van der Waals surface area contributed by atoms with Crippen LogP contribution < -0.4 is 5.56 Å². The molecule has 0 radical (unpaired) electrons. The minimum absolute atomic E-state index is 0.169. The number of aryl methyl sites for hydroxylation is 1. The molecule has 5 heteroatoms. The molecular weight excluding hydrogens is 202 g/mol. The fourth-order valence-electron chi connectivity index (χ4n) is 1.12. The summed E-state index contributed by atoms with van der Waals surface area (Å²) in [7, 11) is 0. The Kier molecular flexibility index (Phi) is 3.30. The summed E-state index contributed by atoms with van der Waals surface area (Å²) in [5.41, 5.74) is 1.13. The van der Waals surface area contributed by atoms with Crippen LogP contribution in [0, 0.1) is 6.92 Å². The SMILES string of the molecule is CC.Cc1cc2c(=O)[nH][nH]c2c(Cl)n1. The van der Waals surface area contributed by atoms with E-state index in [4.69, 9.17) is 11.6 Å². The van der Waals surface area contributed by atoms with Crippen molar-refractivity contribution in [3.8, 4) is 0 Å². The van der Waals surface area contributed by atoms with Gasteiger partial charge in [0.15, 0.2) is 5.15 Å². The van der Waals surface area contributed by atoms with Crippen molar-refractivity contribution in [3.63, 3.8) is 0 Å². The molecular formula is C9H12ClN3O. The van der Waals surface area contributed by atoms with Crippen molar-refractivity contribution in [2.24, 2.45) is 0 Å². The van der Waals surface area contributed by atoms with Crippen molar-refractivity contribution >= 4 is 22.5 Å². The number of rotatable bonds is 0. The van der Waals surface area contributed by atoms with Gasteiger partial charge in [-0.25, -0.2) is 4.98 Å². The molecule has 0 amide bonds. The second-order valence-electron chi connectivity index (χ2n) is 2.56. The van der Waals surface area contributed by atoms with Crippen LogP contribution >= 0.6 is 11.6 Å². The molecule has 0 fully saturated rings. The zero-order valence-corrected chi connectivity index (χ0v) is 9.07. The Balaban J connectivity index is 0.000000461. The van der Waals surface area contributed by atoms with Crippen LogP contribution in [0.4, 0.5) is 0 Å². The first kappa shape index (κ1) is 10.8. The van der Waals surface area contributed by atoms with Crippen molar-refractivity contribution in [1.29, 1.82) is 0 Å². The third kappa shape index (κ3) is 1.80. The van der Waals surface area contributed by atoms with Gasteiger partial charge in [0.2, 0.25) is 0 Å². The molecule has 0 spiro atoms. The highest BCUT2D eigenvalue weighted by Crippen LogP contribution is 2.16. The topological polar surface area (TPSA) is 61.5 Å². The van der Waals surface area contributed by atoms with Crippen molar-refractivity contribution in [1.82, 2.24) is 15.2 Å². The highest BCUT2D eigenvalue weighted by Gasteiger charge is 2.05. The minimum atomic E-state index is -0.169. The van der Waals surface area contributed by atoms with Crippen LogP contribution in [0.1, 0.15) is 19.5 Å². The number of halogens is 1. The van der Waals surface area contributed by atoms with Gasteiger partial charge in [0.05, 0.1) is 5.39 Å². The maximum atomic E-state index is 11.1. The first-order valence-corrected chi connectivity index (χ1v) is 4.80. The van der Waals surface area contributed by atoms with Gasteiger partial charge in [-0.3, -0.25) is 15.0 Å². The van der Waals surface area contributed by atoms with Crippen LogP contribution in [-0.4, -0.2) is 15.2 Å². The molecule has 14 heavy (non-hydrogen) atoms. The summed E-state index contributed by atoms with van der Waals surface area (Å²) in [6.07, 6.45) is 0. The second kappa shape index (κ2) is 4.28. The number of hydrogen-bond donors (Lipinski definition) is 2. The number of pyridine rings is 1. The van der Waals surface area contributed by atoms with Crippen molar-refractivity contribution in [2.45, 2.75) is 20.8 Å². The molecule has 2 N–H and O–H groups in total. The predicted molar refractivity (Wildman–Crippen MR) is 57.8 cm³/mol. The molecule has 0 aliphatic carbocycles. The van der Waals surface area contributed by atoms with Gasteiger partial charge in [0, 0.05) is 5.69 Å². The molecule has 0 aliphatic rings. The van der Waals surface area contributed by atoms with E-state index >= 15 is 0 Å². The molecule has 2 heterocycles. The predicted octanol–water partition coefficient (Wildman–Crippen LogP) is 2.24. The lowest BCUT2D eigenvalue weighted by atomic mass is 10.3. The zero-order valence-electron chi connectivity index (χ0n) is 8.31. The van der Waals surface area contributed by atoms with Crippen LogP contribution in [0.25, 0.3) is 10.9 Å². The molecule has 4 nitrogen and oxygen atoms in total. The summed E-state index contributed by atoms with van der Waals surface area (Å²) in [5.74, 6) is 0. The molecule has 0 unspecified atom stereocenters. The fraction of sp³-hybridized carbons (Fsp3) is 0.333. The normalized spacial score (nSPS) is 9.71. The Morgan fingerprint density at radius 2 is 2.00 bits per heavy atom. The standard InChI is InChI=1S/C7H6ClN3O.C2H6/c1-3-2-4-5(6(8)9-3)10-11-7(4)12;1-2/h2H,1H3,(H2,10,11,12);1-2H3. The zero-order chi connectivity index (χ0) is 10.7. The summed E-state index contributed by atoms with van der Waals surface area (Å²) in [6.45, 7) is 5.79. The Hall–Kier alpha value is -1.29. The molecule has 2 aromatic heterocycles. The van der Waals surface area contributed by atoms with Crippen LogP contribution in [0.15, 0.2) is 10.9 Å². The van der Waals surface area contributed by atoms with E-state index < -0.39 is 0 Å². The smallest absolute Gasteiger partial charge is 0.271 e. The van der Waals surface area contributed by atoms with E-state index in [-0.39, 0.29) is 5.56 Å². The van der Waals surface area contributed by atoms with E-state index in [0.29, 0.717) is 16.1 Å². The van der Waals surface area contributed by atoms with E-state index in [1.54, 1.807) is 13.0 Å². The van der Waals surface area contributed by atoms with Gasteiger partial charge in [-0.15, -0.1) is 0 Å². The first-order chi connectivity index (χ1) is 6.68. The molecule has 76 valence electrons. The monoisotopic (exact) mass is 213 g/mol. The summed E-state index contributed by atoms with van der Waals surface area (Å²) in [4.78, 5) is 15.1. The molecule has 0 bridgehead atoms. The Morgan fingerprint density at radius 1 is 1.36 bits per heavy atom. The Labute approximate surface area is 86.3 Å². The van der Waals surface area contributed by atoms with Crippen molar-refractivity contribution in [2.75, 3.05) is 0 Å². The number of aromatic nitrogens is 3. The summed E-state index contributed by atoms with van der Waals surface area (Å²) in [5, 5.41) is 5.96. The van der Waals surface area contributed by atoms with E-state index in [2.05, 4.69) is 15.2 Å². The second-order valence-corrected chi connectivity index (χ2v) is 2.91. The van der Waals surface area contributed by atoms with Crippen molar-refractivity contribution in [3.05, 3.63) is 27.3 Å². The van der Waals surface area contributed by atoms with Crippen LogP contribution in [0.5, 0.6) is 0 Å². The number of nitrogens with zero attached hydrogens (tertiary/aromatic N) is 1. The highest BCUT2D eigenvalue weighted by molar-refractivity contribution is 6.33. The molecule has 0 aromatic carbocycles. The lowest BCUT2D eigenvalue weighted by Gasteiger charge is -1.93. The lowest BCUT2D eigenvalue weighted by molar-refractivity contribution is 1.08. The fourth-order valence-corrected chi connectivity index (χ4v) is 1.40. The quantitative estimate of drug-likeness (QED) is 0.660. The molecule has 0 saturated heterocycles. The molecule has 0 atom stereocenters. The molecule has 2 aromatic rings. The lowest BCUT2D eigenvalue weighted by Crippen LogP contribution is -1.97. The highest BCUT2D eigenvalue weighted by atomic mass is 35.5. The third-order valence-electron chi connectivity index (χ3n) is 1.65. The third-order valence-corrected chi connectivity index (χ3v) is 1.92. The van der Waals surface area contributed by atoms with Crippen LogP contribution in [-0.2, 0) is 0 Å². The van der Waals surface area contributed by atoms with E-state index in [1.165, 1.54) is 0 Å². The van der Waals surface area contributed by atoms with Gasteiger partial charge in [-0.1, -0.05) is 25.4 Å². The largest absolute Gasteiger partial charge is 0.294 e. The van der Waals surface area contributed by atoms with Gasteiger partial charge >= 0.3 is 0 Å². The maximum Gasteiger partial charge on any atom is 0.271 e. The number of H-pyrrole nitrogens is 2. The number of aromatic amines is 2. The number of hydrogen-bond acceptors (Lipinski definition) is 2. The molecule has 2 rings (SSSR count). The van der Waals surface area contributed by atoms with E-state index in [1.807, 2.05) is 13.8 Å². The maximum absolute atomic E-state index is 11.1. The Bertz CT molecular complexity index is 486. The van der Waals surface area contributed by atoms with Gasteiger partial charge < -0.3 is 0 Å². The summed E-state index contributed by atoms with van der Waals surface area (Å²) in [6, 6.07) is 1.69. The Morgan fingerprint density at radius 3 is 2.64 bits per heavy atom. The van der Waals surface area contributed by atoms with Crippen LogP contribution in [0.2, 0.25) is 5.15 Å². The first-order valence-electron chi connectivity index (χ1n) is 4.42. The average molecular weight is 214 g/mol. The number of fused-ring (bicyclic) bond motifs is 1. The summed E-state index contributed by atoms with van der Waals surface area (Å²) < 4.78 is 0. The van der Waals surface area contributed by atoms with Crippen LogP contribution in [0.3, 0.4) is 0 Å². The van der Waals surface area contributed by atoms with E-state index in [0.717, 1.165) is 5.69 Å². The average Bonchev–Trinajstić information content (AvgIpc) is 2.52. The van der Waals surface area contributed by atoms with Gasteiger partial charge in [0.1, 0.15) is 5.52 Å². The molecule has 0 saturated carbocycles. The summed E-state index contributed by atoms with van der Waals surface area (Å²) >= 11 is 5.77. The van der Waals surface area contributed by atoms with E-state index in [9.17, 15) is 4.79 Å². The van der Waals surface area contributed by atoms with Gasteiger partial charge in [0.25, 0.3) is 5.56 Å². The molecule has 0 aliphatic heterocycles. The van der Waals surface area contributed by atoms with Gasteiger partial charge in [-0.2, -0.15) is 0 Å².